The number of hydrogen-bond donors (Lipinski definition) is 1. The van der Waals surface area contributed by atoms with Gasteiger partial charge in [0.15, 0.2) is 9.84 Å². The van der Waals surface area contributed by atoms with Crippen LogP contribution in [0.2, 0.25) is 0 Å². The first-order chi connectivity index (χ1) is 11.1. The molecule has 0 spiro atoms. The molecule has 1 heterocycles. The summed E-state index contributed by atoms with van der Waals surface area (Å²) < 4.78 is 124. The molecule has 1 amide bonds. The molecule has 1 unspecified atom stereocenters. The van der Waals surface area contributed by atoms with E-state index < -0.39 is 65.1 Å². The van der Waals surface area contributed by atoms with Crippen molar-refractivity contribution in [2.45, 2.75) is 27.1 Å². The summed E-state index contributed by atoms with van der Waals surface area (Å²) >= 11 is 0. The topological polar surface area (TPSA) is 80.3 Å². The van der Waals surface area contributed by atoms with Crippen molar-refractivity contribution in [2.75, 3.05) is 11.1 Å². The van der Waals surface area contributed by atoms with Gasteiger partial charge in [-0.1, -0.05) is 0 Å². The van der Waals surface area contributed by atoms with Crippen LogP contribution in [0.3, 0.4) is 0 Å². The van der Waals surface area contributed by atoms with Gasteiger partial charge in [0.1, 0.15) is 16.6 Å². The maximum atomic E-state index is 13.5. The van der Waals surface area contributed by atoms with Crippen LogP contribution in [0, 0.1) is 0 Å². The molecule has 14 heteroatoms. The third-order valence-electron chi connectivity index (χ3n) is 3.05. The maximum Gasteiger partial charge on any atom is 0.461 e. The summed E-state index contributed by atoms with van der Waals surface area (Å²) in [6.07, 6.45) is -6.67. The number of amides is 1. The van der Waals surface area contributed by atoms with Crippen LogP contribution < -0.4 is 5.32 Å². The number of nitrogens with one attached hydrogen (secondary N) is 1. The molecule has 0 saturated heterocycles. The minimum atomic E-state index is -6.67. The number of carbonyl (C=O) groups excluding carboxylic acids is 1. The fourth-order valence-corrected chi connectivity index (χ4v) is 4.21. The van der Waals surface area contributed by atoms with E-state index in [1.54, 1.807) is 0 Å². The van der Waals surface area contributed by atoms with E-state index in [4.69, 9.17) is 0 Å². The molecule has 25 heavy (non-hydrogen) atoms. The molecule has 0 aromatic heterocycles. The van der Waals surface area contributed by atoms with Crippen LogP contribution in [0.4, 0.5) is 36.4 Å². The molecule has 1 atom stereocenters. The van der Waals surface area contributed by atoms with Crippen molar-refractivity contribution in [3.8, 4) is 0 Å². The molecule has 0 bridgehead atoms. The number of halogens is 7. The van der Waals surface area contributed by atoms with Gasteiger partial charge in [-0.25, -0.2) is 12.6 Å². The molecule has 0 aliphatic carbocycles. The molecule has 5 nitrogen and oxygen atoms in total. The highest BCUT2D eigenvalue weighted by molar-refractivity contribution is 7.92. The summed E-state index contributed by atoms with van der Waals surface area (Å²) in [5.74, 6) is -8.65. The monoisotopic (exact) mass is 413 g/mol. The van der Waals surface area contributed by atoms with E-state index in [2.05, 4.69) is 0 Å². The Kier molecular flexibility index (Phi) is 4.44. The van der Waals surface area contributed by atoms with Crippen molar-refractivity contribution < 1.29 is 48.2 Å². The fourth-order valence-electron chi connectivity index (χ4n) is 1.86. The van der Waals surface area contributed by atoms with E-state index in [-0.39, 0.29) is 0 Å². The lowest BCUT2D eigenvalue weighted by Gasteiger charge is -2.27. The zero-order valence-corrected chi connectivity index (χ0v) is 13.2. The van der Waals surface area contributed by atoms with Crippen LogP contribution in [0.15, 0.2) is 28.0 Å². The smallest absolute Gasteiger partial charge is 0.324 e. The fraction of sp³-hybridized carbons (Fsp3) is 0.364. The number of sulfone groups is 1. The number of hydrogen-bond acceptors (Lipinski definition) is 4. The summed E-state index contributed by atoms with van der Waals surface area (Å²) in [4.78, 5) is 9.44. The summed E-state index contributed by atoms with van der Waals surface area (Å²) in [5, 5.41) is -4.11. The second kappa shape index (κ2) is 5.65. The van der Waals surface area contributed by atoms with E-state index in [0.717, 1.165) is 0 Å². The third-order valence-corrected chi connectivity index (χ3v) is 6.12. The van der Waals surface area contributed by atoms with Gasteiger partial charge in [-0.3, -0.25) is 4.79 Å². The Bertz CT molecular complexity index is 864. The highest BCUT2D eigenvalue weighted by atomic mass is 32.2. The summed E-state index contributed by atoms with van der Waals surface area (Å²) in [6, 6.07) is 1.34. The van der Waals surface area contributed by atoms with E-state index in [1.807, 2.05) is 5.32 Å². The standard InChI is InChI=1S/C11H6F7NO4S2/c12-9(13,10(14,15)16)11(17,18)24(21)5-1-2-7-6(3-5)19-8(20)4-25(7,22)23/h1-3H,4H2,(H,19,20). The number of benzene rings is 1. The molecule has 140 valence electrons. The second-order valence-electron chi connectivity index (χ2n) is 4.82. The predicted octanol–water partition coefficient (Wildman–Crippen LogP) is 2.31. The molecular formula is C11H6F7NO4S2. The Morgan fingerprint density at radius 1 is 1.04 bits per heavy atom. The van der Waals surface area contributed by atoms with E-state index in [0.29, 0.717) is 18.2 Å². The van der Waals surface area contributed by atoms with Crippen molar-refractivity contribution in [3.63, 3.8) is 0 Å². The Balaban J connectivity index is 2.52. The molecule has 2 rings (SSSR count). The molecule has 1 aliphatic heterocycles. The second-order valence-corrected chi connectivity index (χ2v) is 8.30. The lowest BCUT2D eigenvalue weighted by atomic mass is 10.3. The first kappa shape index (κ1) is 19.6. The molecule has 1 N–H and O–H groups in total. The van der Waals surface area contributed by atoms with Gasteiger partial charge in [0.25, 0.3) is 0 Å². The number of carbonyl (C=O) groups is 1. The van der Waals surface area contributed by atoms with Gasteiger partial charge in [-0.05, 0) is 18.2 Å². The molecule has 0 fully saturated rings. The molecule has 1 aliphatic rings. The van der Waals surface area contributed by atoms with Gasteiger partial charge >= 0.3 is 17.4 Å². The normalized spacial score (nSPS) is 19.1. The van der Waals surface area contributed by atoms with Crippen LogP contribution in [0.25, 0.3) is 0 Å². The lowest BCUT2D eigenvalue weighted by molar-refractivity contribution is -0.331. The van der Waals surface area contributed by atoms with Crippen molar-refractivity contribution in [1.82, 2.24) is 0 Å². The Morgan fingerprint density at radius 2 is 1.60 bits per heavy atom. The molecular weight excluding hydrogens is 407 g/mol. The van der Waals surface area contributed by atoms with Crippen LogP contribution in [-0.4, -0.2) is 41.6 Å². The minimum absolute atomic E-state index is 0.348. The largest absolute Gasteiger partial charge is 0.461 e. The highest BCUT2D eigenvalue weighted by Crippen LogP contribution is 2.49. The average Bonchev–Trinajstić information content (AvgIpc) is 2.43. The number of alkyl halides is 7. The summed E-state index contributed by atoms with van der Waals surface area (Å²) in [6.45, 7) is 0. The Morgan fingerprint density at radius 3 is 2.12 bits per heavy atom. The molecule has 1 aromatic carbocycles. The van der Waals surface area contributed by atoms with Crippen LogP contribution in [-0.2, 0) is 25.4 Å². The zero-order valence-electron chi connectivity index (χ0n) is 11.5. The first-order valence-corrected chi connectivity index (χ1v) is 8.82. The molecule has 1 aromatic rings. The van der Waals surface area contributed by atoms with Crippen LogP contribution in [0.1, 0.15) is 0 Å². The average molecular weight is 413 g/mol. The number of rotatable bonds is 3. The van der Waals surface area contributed by atoms with E-state index >= 15 is 0 Å². The van der Waals surface area contributed by atoms with Crippen molar-refractivity contribution in [1.29, 1.82) is 0 Å². The predicted molar refractivity (Wildman–Crippen MR) is 69.5 cm³/mol. The number of fused-ring (bicyclic) bond motifs is 1. The van der Waals surface area contributed by atoms with Crippen molar-refractivity contribution >= 4 is 32.2 Å². The molecule has 0 radical (unpaired) electrons. The van der Waals surface area contributed by atoms with Crippen molar-refractivity contribution in [2.24, 2.45) is 0 Å². The van der Waals surface area contributed by atoms with Gasteiger partial charge < -0.3 is 5.32 Å². The third kappa shape index (κ3) is 3.12. The number of anilines is 1. The Hall–Kier alpha value is -1.70. The van der Waals surface area contributed by atoms with Gasteiger partial charge in [0.05, 0.1) is 10.6 Å². The highest BCUT2D eigenvalue weighted by Gasteiger charge is 2.76. The maximum absolute atomic E-state index is 13.5. The van der Waals surface area contributed by atoms with Gasteiger partial charge in [0.2, 0.25) is 5.91 Å². The quantitative estimate of drug-likeness (QED) is 0.772. The Labute approximate surface area is 137 Å². The SMILES string of the molecule is O=C1CS(=O)(=O)c2ccc(S(=O)C(F)(F)C(F)(F)C(F)(F)F)cc2N1. The summed E-state index contributed by atoms with van der Waals surface area (Å²) in [7, 11) is -8.34. The van der Waals surface area contributed by atoms with Gasteiger partial charge in [-0.15, -0.1) is 0 Å². The van der Waals surface area contributed by atoms with Gasteiger partial charge in [0, 0.05) is 4.90 Å². The summed E-state index contributed by atoms with van der Waals surface area (Å²) in [5.41, 5.74) is -0.645. The van der Waals surface area contributed by atoms with Gasteiger partial charge in [-0.2, -0.15) is 30.7 Å². The lowest BCUT2D eigenvalue weighted by Crippen LogP contribution is -2.54. The van der Waals surface area contributed by atoms with E-state index in [1.165, 1.54) is 0 Å². The van der Waals surface area contributed by atoms with Crippen molar-refractivity contribution in [3.05, 3.63) is 18.2 Å². The molecule has 0 saturated carbocycles. The zero-order chi connectivity index (χ0) is 19.4. The van der Waals surface area contributed by atoms with Crippen LogP contribution in [0.5, 0.6) is 0 Å². The van der Waals surface area contributed by atoms with Crippen LogP contribution >= 0.6 is 0 Å². The minimum Gasteiger partial charge on any atom is -0.324 e. The van der Waals surface area contributed by atoms with E-state index in [9.17, 15) is 48.2 Å². The first-order valence-electron chi connectivity index (χ1n) is 6.02.